The standard InChI is InChI=1S/C23H28F3N3O4.C23H31N3O4/c1-5-6-11-32-17-13-15(12-16(14-17)23(24,25)26)18-27-19(30)22(28-18)7-9-29(10-8-22)20(31)33-21(2,3)4;1-6-7-12-29-18-14-16(2)13-17(15-18)19-24-20(27)23(25-19)8-10-26(11-9-23)21(28)30-22(3,4)5/h5,12-14H,1,6-11H2,2-4H3,(H,27,28,30);6,13-15H,1,7-12H2,2-5H3,(H,24,25,27). The van der Waals surface area contributed by atoms with E-state index in [2.05, 4.69) is 28.8 Å². The number of halogens is 3. The molecule has 4 aliphatic rings. The highest BCUT2D eigenvalue weighted by Gasteiger charge is 2.48. The third kappa shape index (κ3) is 12.6. The fourth-order valence-electron chi connectivity index (χ4n) is 7.23. The predicted molar refractivity (Wildman–Crippen MR) is 232 cm³/mol. The largest absolute Gasteiger partial charge is 0.493 e. The number of hydrogen-bond donors (Lipinski definition) is 2. The maximum Gasteiger partial charge on any atom is 0.416 e. The SMILES string of the molecule is C=CCCOc1cc(C)cc(C2=NC3(CCN(C(=O)OC(C)(C)C)CC3)C(=O)N2)c1.C=CCCOc1cc(C2=NC3(CCN(C(=O)OC(C)(C)C)CC3)C(=O)N2)cc(C(F)(F)F)c1. The van der Waals surface area contributed by atoms with E-state index in [9.17, 15) is 32.3 Å². The van der Waals surface area contributed by atoms with E-state index in [1.807, 2.05) is 52.0 Å². The normalized spacial score (nSPS) is 18.1. The zero-order valence-electron chi connectivity index (χ0n) is 37.2. The lowest BCUT2D eigenvalue weighted by molar-refractivity contribution is -0.137. The van der Waals surface area contributed by atoms with Crippen molar-refractivity contribution in [3.05, 3.63) is 84.0 Å². The molecule has 342 valence electrons. The van der Waals surface area contributed by atoms with Gasteiger partial charge in [0, 0.05) is 37.3 Å². The van der Waals surface area contributed by atoms with E-state index in [4.69, 9.17) is 23.9 Å². The lowest BCUT2D eigenvalue weighted by atomic mass is 9.88. The molecule has 0 bridgehead atoms. The molecular formula is C46H59F3N6O8. The minimum Gasteiger partial charge on any atom is -0.493 e. The Balaban J connectivity index is 0.000000239. The summed E-state index contributed by atoms with van der Waals surface area (Å²) in [5, 5.41) is 5.56. The zero-order chi connectivity index (χ0) is 46.4. The molecule has 2 aromatic carbocycles. The maximum atomic E-state index is 13.4. The van der Waals surface area contributed by atoms with E-state index in [-0.39, 0.29) is 61.7 Å². The summed E-state index contributed by atoms with van der Waals surface area (Å²) in [6.07, 6.45) is 0.650. The molecule has 4 aliphatic heterocycles. The third-order valence-corrected chi connectivity index (χ3v) is 10.5. The van der Waals surface area contributed by atoms with Crippen LogP contribution in [0.3, 0.4) is 0 Å². The van der Waals surface area contributed by atoms with Crippen molar-refractivity contribution in [2.45, 2.75) is 115 Å². The second-order valence-corrected chi connectivity index (χ2v) is 18.0. The van der Waals surface area contributed by atoms with Gasteiger partial charge in [-0.05, 0) is 129 Å². The number of carbonyl (C=O) groups excluding carboxylic acids is 4. The van der Waals surface area contributed by atoms with Crippen LogP contribution < -0.4 is 20.1 Å². The topological polar surface area (TPSA) is 160 Å². The number of benzene rings is 2. The van der Waals surface area contributed by atoms with Gasteiger partial charge < -0.3 is 39.4 Å². The van der Waals surface area contributed by atoms with E-state index in [1.54, 1.807) is 31.7 Å². The average molecular weight is 881 g/mol. The molecular weight excluding hydrogens is 822 g/mol. The van der Waals surface area contributed by atoms with Gasteiger partial charge in [0.25, 0.3) is 11.8 Å². The van der Waals surface area contributed by atoms with Crippen LogP contribution in [0.25, 0.3) is 0 Å². The Hall–Kier alpha value is -5.87. The zero-order valence-corrected chi connectivity index (χ0v) is 37.2. The van der Waals surface area contributed by atoms with Crippen LogP contribution >= 0.6 is 0 Å². The third-order valence-electron chi connectivity index (χ3n) is 10.5. The second kappa shape index (κ2) is 19.3. The van der Waals surface area contributed by atoms with Crippen molar-refractivity contribution in [1.82, 2.24) is 20.4 Å². The van der Waals surface area contributed by atoms with Gasteiger partial charge in [-0.25, -0.2) is 9.59 Å². The number of hydrogen-bond acceptors (Lipinski definition) is 10. The molecule has 0 unspecified atom stereocenters. The molecule has 0 saturated carbocycles. The quantitative estimate of drug-likeness (QED) is 0.180. The minimum atomic E-state index is -4.59. The van der Waals surface area contributed by atoms with Gasteiger partial charge in [-0.1, -0.05) is 12.2 Å². The molecule has 2 aromatic rings. The van der Waals surface area contributed by atoms with Crippen LogP contribution in [0, 0.1) is 6.92 Å². The number of alkyl halides is 3. The summed E-state index contributed by atoms with van der Waals surface area (Å²) >= 11 is 0. The molecule has 0 atom stereocenters. The summed E-state index contributed by atoms with van der Waals surface area (Å²) in [4.78, 5) is 62.7. The molecule has 14 nitrogen and oxygen atoms in total. The number of piperidine rings is 2. The molecule has 63 heavy (non-hydrogen) atoms. The van der Waals surface area contributed by atoms with Crippen LogP contribution in [-0.4, -0.2) is 107 Å². The Kier molecular flexibility index (Phi) is 14.7. The number of carbonyl (C=O) groups is 4. The van der Waals surface area contributed by atoms with Crippen LogP contribution in [0.1, 0.15) is 102 Å². The first kappa shape index (κ1) is 48.2. The van der Waals surface area contributed by atoms with E-state index < -0.39 is 46.0 Å². The number of nitrogens with one attached hydrogen (secondary N) is 2. The molecule has 4 heterocycles. The van der Waals surface area contributed by atoms with Crippen LogP contribution in [0.15, 0.2) is 71.7 Å². The van der Waals surface area contributed by atoms with Crippen molar-refractivity contribution < 1.29 is 51.3 Å². The van der Waals surface area contributed by atoms with Gasteiger partial charge in [0.1, 0.15) is 45.5 Å². The molecule has 0 radical (unpaired) electrons. The van der Waals surface area contributed by atoms with Crippen molar-refractivity contribution in [3.8, 4) is 11.5 Å². The van der Waals surface area contributed by atoms with Gasteiger partial charge in [0.2, 0.25) is 0 Å². The van der Waals surface area contributed by atoms with Gasteiger partial charge >= 0.3 is 18.4 Å². The van der Waals surface area contributed by atoms with Crippen LogP contribution in [0.4, 0.5) is 22.8 Å². The van der Waals surface area contributed by atoms with Gasteiger partial charge in [-0.3, -0.25) is 19.6 Å². The lowest BCUT2D eigenvalue weighted by Crippen LogP contribution is -2.51. The van der Waals surface area contributed by atoms with E-state index in [1.165, 1.54) is 11.0 Å². The van der Waals surface area contributed by atoms with Crippen LogP contribution in [0.2, 0.25) is 0 Å². The first-order valence-electron chi connectivity index (χ1n) is 21.1. The first-order valence-corrected chi connectivity index (χ1v) is 21.1. The van der Waals surface area contributed by atoms with Crippen LogP contribution in [-0.2, 0) is 25.2 Å². The molecule has 2 saturated heterocycles. The van der Waals surface area contributed by atoms with Crippen molar-refractivity contribution in [2.75, 3.05) is 39.4 Å². The van der Waals surface area contributed by atoms with Crippen molar-refractivity contribution in [2.24, 2.45) is 9.98 Å². The summed E-state index contributed by atoms with van der Waals surface area (Å²) in [5.41, 5.74) is -2.09. The highest BCUT2D eigenvalue weighted by atomic mass is 19.4. The lowest BCUT2D eigenvalue weighted by Gasteiger charge is -2.36. The number of likely N-dealkylation sites (tertiary alicyclic amines) is 2. The number of nitrogens with zero attached hydrogens (tertiary/aromatic N) is 4. The van der Waals surface area contributed by atoms with Gasteiger partial charge in [-0.15, -0.1) is 13.2 Å². The minimum absolute atomic E-state index is 0.0271. The molecule has 2 spiro atoms. The fourth-order valence-corrected chi connectivity index (χ4v) is 7.23. The molecule has 6 rings (SSSR count). The maximum absolute atomic E-state index is 13.4. The van der Waals surface area contributed by atoms with E-state index >= 15 is 0 Å². The van der Waals surface area contributed by atoms with Gasteiger partial charge in [0.05, 0.1) is 18.8 Å². The van der Waals surface area contributed by atoms with E-state index in [0.29, 0.717) is 44.8 Å². The van der Waals surface area contributed by atoms with Crippen molar-refractivity contribution >= 4 is 35.7 Å². The van der Waals surface area contributed by atoms with Crippen molar-refractivity contribution in [1.29, 1.82) is 0 Å². The summed E-state index contributed by atoms with van der Waals surface area (Å²) in [5.74, 6) is 0.877. The Labute approximate surface area is 367 Å². The smallest absolute Gasteiger partial charge is 0.416 e. The summed E-state index contributed by atoms with van der Waals surface area (Å²) in [6.45, 7) is 22.2. The molecule has 17 heteroatoms. The number of rotatable bonds is 10. The van der Waals surface area contributed by atoms with Crippen molar-refractivity contribution in [3.63, 3.8) is 0 Å². The molecule has 0 aliphatic carbocycles. The Morgan fingerprint density at radius 1 is 0.683 bits per heavy atom. The number of ether oxygens (including phenoxy) is 4. The Bertz CT molecular complexity index is 2120. The molecule has 4 amide bonds. The Morgan fingerprint density at radius 3 is 1.46 bits per heavy atom. The Morgan fingerprint density at radius 2 is 1.08 bits per heavy atom. The number of amides is 4. The summed E-state index contributed by atoms with van der Waals surface area (Å²) < 4.78 is 62.3. The first-order chi connectivity index (χ1) is 29.4. The van der Waals surface area contributed by atoms with E-state index in [0.717, 1.165) is 35.4 Å². The predicted octanol–water partition coefficient (Wildman–Crippen LogP) is 7.90. The highest BCUT2D eigenvalue weighted by molar-refractivity contribution is 6.16. The summed E-state index contributed by atoms with van der Waals surface area (Å²) in [7, 11) is 0. The number of amidine groups is 2. The fraction of sp³-hybridized carbons (Fsp3) is 0.522. The highest BCUT2D eigenvalue weighted by Crippen LogP contribution is 2.36. The number of aliphatic imine (C=N–C) groups is 2. The second-order valence-electron chi connectivity index (χ2n) is 18.0. The van der Waals surface area contributed by atoms with Gasteiger partial charge in [0.15, 0.2) is 0 Å². The van der Waals surface area contributed by atoms with Gasteiger partial charge in [-0.2, -0.15) is 13.2 Å². The summed E-state index contributed by atoms with van der Waals surface area (Å²) in [6, 6.07) is 9.11. The molecule has 2 N–H and O–H groups in total. The number of aryl methyl sites for hydroxylation is 1. The van der Waals surface area contributed by atoms with Crippen LogP contribution in [0.5, 0.6) is 11.5 Å². The molecule has 0 aromatic heterocycles. The monoisotopic (exact) mass is 880 g/mol. The average Bonchev–Trinajstić information content (AvgIpc) is 3.68. The molecule has 2 fully saturated rings.